The summed E-state index contributed by atoms with van der Waals surface area (Å²) in [4.78, 5) is 33.2. The van der Waals surface area contributed by atoms with Crippen LogP contribution in [0.2, 0.25) is 0 Å². The highest BCUT2D eigenvalue weighted by Gasteiger charge is 2.84. The molecule has 0 radical (unpaired) electrons. The minimum Gasteiger partial charge on any atom is -0.323 e. The zero-order valence-electron chi connectivity index (χ0n) is 20.7. The Morgan fingerprint density at radius 3 is 2.03 bits per heavy atom. The third-order valence-corrected chi connectivity index (χ3v) is 8.65. The summed E-state index contributed by atoms with van der Waals surface area (Å²) >= 11 is 0. The van der Waals surface area contributed by atoms with Crippen LogP contribution in [-0.2, 0) is 20.8 Å². The van der Waals surface area contributed by atoms with Gasteiger partial charge in [0, 0.05) is 40.4 Å². The van der Waals surface area contributed by atoms with Gasteiger partial charge in [-0.15, -0.1) is 0 Å². The zero-order valence-corrected chi connectivity index (χ0v) is 20.7. The van der Waals surface area contributed by atoms with Crippen molar-refractivity contribution in [3.63, 3.8) is 0 Å². The van der Waals surface area contributed by atoms with Crippen LogP contribution >= 0.6 is 0 Å². The van der Waals surface area contributed by atoms with E-state index in [1.54, 1.807) is 11.9 Å². The molecule has 0 aromatic heterocycles. The number of carbonyl (C=O) groups is 2. The lowest BCUT2D eigenvalue weighted by Crippen LogP contribution is -2.61. The standard InChI is InChI=1S/C31H24N5O2/c1-34-28(37)26-27(29(34)38)35(20-12-4-2-5-13-20)31-25-19-11-9-17-23(25)22-16-8-10-18-24(22)30(26,31)32-36(33-31)21-14-6-3-7-15-21/h2-19,26-27H,1H3,(H,32,33)/q+1/t26-,27+,30+,31-/m0/s1. The highest BCUT2D eigenvalue weighted by Crippen LogP contribution is 2.68. The van der Waals surface area contributed by atoms with Crippen molar-refractivity contribution in [2.24, 2.45) is 11.0 Å². The van der Waals surface area contributed by atoms with Crippen molar-refractivity contribution < 1.29 is 14.4 Å². The van der Waals surface area contributed by atoms with E-state index in [1.807, 2.05) is 84.9 Å². The Labute approximate surface area is 219 Å². The van der Waals surface area contributed by atoms with Gasteiger partial charge in [0.2, 0.25) is 5.91 Å². The molecule has 0 spiro atoms. The van der Waals surface area contributed by atoms with Crippen LogP contribution in [0.25, 0.3) is 11.1 Å². The second kappa shape index (κ2) is 7.16. The monoisotopic (exact) mass is 498 g/mol. The molecule has 2 saturated heterocycles. The molecule has 1 aliphatic carbocycles. The van der Waals surface area contributed by atoms with Gasteiger partial charge in [0.05, 0.1) is 0 Å². The van der Waals surface area contributed by atoms with Crippen LogP contribution in [-0.4, -0.2) is 34.6 Å². The lowest BCUT2D eigenvalue weighted by Gasteiger charge is -2.45. The number of likely N-dealkylation sites (tertiary alicyclic amines) is 1. The number of fused-ring (bicyclic) bond motifs is 4. The van der Waals surface area contributed by atoms with E-state index >= 15 is 0 Å². The van der Waals surface area contributed by atoms with Gasteiger partial charge in [-0.2, -0.15) is 5.43 Å². The number of carbonyl (C=O) groups excluding carboxylic acids is 2. The fraction of sp³-hybridized carbons (Fsp3) is 0.161. The maximum atomic E-state index is 14.1. The van der Waals surface area contributed by atoms with E-state index in [2.05, 4.69) is 34.6 Å². The number of nitrogens with zero attached hydrogens (tertiary/aromatic N) is 4. The topological polar surface area (TPSA) is 68.0 Å². The Morgan fingerprint density at radius 1 is 0.737 bits per heavy atom. The summed E-state index contributed by atoms with van der Waals surface area (Å²) < 4.78 is 0. The number of hydrogen-bond acceptors (Lipinski definition) is 5. The molecule has 0 bridgehead atoms. The molecule has 8 rings (SSSR count). The van der Waals surface area contributed by atoms with Crippen molar-refractivity contribution in [1.29, 1.82) is 0 Å². The molecule has 4 aliphatic rings. The summed E-state index contributed by atoms with van der Waals surface area (Å²) in [5.41, 5.74) is 7.32. The summed E-state index contributed by atoms with van der Waals surface area (Å²) in [5, 5.41) is 5.46. The lowest BCUT2D eigenvalue weighted by molar-refractivity contribution is -0.570. The van der Waals surface area contributed by atoms with Crippen LogP contribution in [0.15, 0.2) is 114 Å². The van der Waals surface area contributed by atoms with Crippen LogP contribution in [0.1, 0.15) is 11.1 Å². The van der Waals surface area contributed by atoms with Gasteiger partial charge in [0.25, 0.3) is 17.3 Å². The second-order valence-corrected chi connectivity index (χ2v) is 10.3. The third kappa shape index (κ3) is 2.26. The highest BCUT2D eigenvalue weighted by atomic mass is 16.2. The molecule has 38 heavy (non-hydrogen) atoms. The number of benzene rings is 4. The molecule has 4 aromatic rings. The fourth-order valence-corrected chi connectivity index (χ4v) is 7.22. The fourth-order valence-electron chi connectivity index (χ4n) is 7.22. The van der Waals surface area contributed by atoms with E-state index in [9.17, 15) is 9.59 Å². The number of nitrogens with one attached hydrogen (secondary N) is 1. The van der Waals surface area contributed by atoms with E-state index in [0.717, 1.165) is 33.6 Å². The van der Waals surface area contributed by atoms with Crippen LogP contribution < -0.4 is 10.3 Å². The number of rotatable bonds is 2. The molecule has 3 heterocycles. The molecule has 184 valence electrons. The van der Waals surface area contributed by atoms with Crippen molar-refractivity contribution >= 4 is 23.2 Å². The molecule has 7 nitrogen and oxygen atoms in total. The molecule has 1 N–H and O–H groups in total. The Morgan fingerprint density at radius 2 is 1.32 bits per heavy atom. The predicted octanol–water partition coefficient (Wildman–Crippen LogP) is 4.53. The van der Waals surface area contributed by atoms with Gasteiger partial charge in [-0.05, 0) is 28.8 Å². The molecule has 0 unspecified atom stereocenters. The van der Waals surface area contributed by atoms with Gasteiger partial charge >= 0.3 is 0 Å². The average molecular weight is 499 g/mol. The maximum absolute atomic E-state index is 14.1. The number of hydrazine groups is 1. The first-order valence-electron chi connectivity index (χ1n) is 12.8. The molecule has 2 fully saturated rings. The molecule has 4 aromatic carbocycles. The average Bonchev–Trinajstić information content (AvgIpc) is 3.54. The summed E-state index contributed by atoms with van der Waals surface area (Å²) in [7, 11) is 1.59. The first-order valence-corrected chi connectivity index (χ1v) is 12.8. The van der Waals surface area contributed by atoms with Crippen molar-refractivity contribution in [2.75, 3.05) is 11.9 Å². The van der Waals surface area contributed by atoms with Gasteiger partial charge < -0.3 is 4.90 Å². The van der Waals surface area contributed by atoms with Crippen LogP contribution in [0.3, 0.4) is 0 Å². The molecular weight excluding hydrogens is 474 g/mol. The van der Waals surface area contributed by atoms with Gasteiger partial charge in [-0.3, -0.25) is 14.5 Å². The number of azo groups is 1. The Bertz CT molecular complexity index is 1690. The smallest absolute Gasteiger partial charge is 0.265 e. The Kier molecular flexibility index (Phi) is 4.02. The van der Waals surface area contributed by atoms with Gasteiger partial charge in [0.15, 0.2) is 5.54 Å². The van der Waals surface area contributed by atoms with Gasteiger partial charge in [-0.1, -0.05) is 84.9 Å². The van der Waals surface area contributed by atoms with Crippen LogP contribution in [0.5, 0.6) is 0 Å². The van der Waals surface area contributed by atoms with E-state index in [-0.39, 0.29) is 11.8 Å². The summed E-state index contributed by atoms with van der Waals surface area (Å²) in [6.45, 7) is 0. The van der Waals surface area contributed by atoms with E-state index in [1.165, 1.54) is 4.90 Å². The summed E-state index contributed by atoms with van der Waals surface area (Å²) in [6.07, 6.45) is 0. The quantitative estimate of drug-likeness (QED) is 0.326. The molecule has 4 atom stereocenters. The SMILES string of the molecule is CN1C(=O)[C@@H]2[C@H](C1=O)N(c1ccccc1)[C@]13N=[N+](c4ccccc4)N[C@]21c1ccccc1-c1ccccc13. The van der Waals surface area contributed by atoms with Crippen molar-refractivity contribution in [3.05, 3.63) is 120 Å². The molecule has 0 saturated carbocycles. The maximum Gasteiger partial charge on any atom is 0.265 e. The first-order chi connectivity index (χ1) is 18.6. The van der Waals surface area contributed by atoms with Crippen molar-refractivity contribution in [2.45, 2.75) is 17.2 Å². The van der Waals surface area contributed by atoms with Crippen LogP contribution in [0.4, 0.5) is 11.4 Å². The van der Waals surface area contributed by atoms with Gasteiger partial charge in [-0.25, -0.2) is 0 Å². The predicted molar refractivity (Wildman–Crippen MR) is 141 cm³/mol. The molecular formula is C31H24N5O2+. The van der Waals surface area contributed by atoms with E-state index < -0.39 is 23.2 Å². The Hall–Kier alpha value is -4.78. The van der Waals surface area contributed by atoms with E-state index in [4.69, 9.17) is 5.11 Å². The second-order valence-electron chi connectivity index (χ2n) is 10.3. The number of imide groups is 1. The number of amides is 2. The number of anilines is 1. The van der Waals surface area contributed by atoms with E-state index in [0.29, 0.717) is 0 Å². The number of likely N-dealkylation sites (N-methyl/N-ethyl adjacent to an activating group) is 1. The van der Waals surface area contributed by atoms with Crippen LogP contribution in [0, 0.1) is 5.92 Å². The normalized spacial score (nSPS) is 28.2. The minimum absolute atomic E-state index is 0.199. The molecule has 2 amide bonds. The minimum atomic E-state index is -1.10. The lowest BCUT2D eigenvalue weighted by atomic mass is 9.63. The number of para-hydroxylation sites is 2. The summed E-state index contributed by atoms with van der Waals surface area (Å²) in [5.74, 6) is -1.11. The number of hydrogen-bond donors (Lipinski definition) is 1. The summed E-state index contributed by atoms with van der Waals surface area (Å²) in [6, 6.07) is 35.5. The Balaban J connectivity index is 1.56. The van der Waals surface area contributed by atoms with Crippen molar-refractivity contribution in [1.82, 2.24) is 10.3 Å². The third-order valence-electron chi connectivity index (χ3n) is 8.65. The largest absolute Gasteiger partial charge is 0.323 e. The first kappa shape index (κ1) is 21.3. The molecule has 7 heteroatoms. The van der Waals surface area contributed by atoms with Gasteiger partial charge in [0.1, 0.15) is 12.0 Å². The molecule has 3 aliphatic heterocycles. The van der Waals surface area contributed by atoms with Crippen molar-refractivity contribution in [3.8, 4) is 11.1 Å². The highest BCUT2D eigenvalue weighted by molar-refractivity contribution is 6.11. The zero-order chi connectivity index (χ0) is 25.6.